The van der Waals surface area contributed by atoms with Crippen LogP contribution in [0.2, 0.25) is 0 Å². The van der Waals surface area contributed by atoms with E-state index >= 15 is 0 Å². The minimum Gasteiger partial charge on any atom is -0.457 e. The fourth-order valence-corrected chi connectivity index (χ4v) is 7.26. The minimum absolute atomic E-state index is 0.00888. The number of carbonyl (C=O) groups excluding carboxylic acids is 3. The summed E-state index contributed by atoms with van der Waals surface area (Å²) >= 11 is 0. The summed E-state index contributed by atoms with van der Waals surface area (Å²) in [6.07, 6.45) is 9.07. The van der Waals surface area contributed by atoms with Crippen molar-refractivity contribution in [1.82, 2.24) is 0 Å². The predicted octanol–water partition coefficient (Wildman–Crippen LogP) is 3.65. The van der Waals surface area contributed by atoms with Gasteiger partial charge in [-0.25, -0.2) is 0 Å². The smallest absolute Gasteiger partial charge is 0.308 e. The van der Waals surface area contributed by atoms with Crippen LogP contribution < -0.4 is 0 Å². The summed E-state index contributed by atoms with van der Waals surface area (Å²) in [6.45, 7) is 7.68. The number of fused-ring (bicyclic) bond motifs is 5. The van der Waals surface area contributed by atoms with E-state index in [1.807, 2.05) is 6.08 Å². The molecular formula is C25H34O5. The summed E-state index contributed by atoms with van der Waals surface area (Å²) in [6, 6.07) is 0. The Labute approximate surface area is 178 Å². The molecule has 4 aliphatic carbocycles. The van der Waals surface area contributed by atoms with Crippen molar-refractivity contribution in [2.75, 3.05) is 6.61 Å². The van der Waals surface area contributed by atoms with Crippen LogP contribution in [0.15, 0.2) is 23.8 Å². The summed E-state index contributed by atoms with van der Waals surface area (Å²) in [5.41, 5.74) is 0.588. The van der Waals surface area contributed by atoms with Gasteiger partial charge in [0.2, 0.25) is 0 Å². The van der Waals surface area contributed by atoms with Crippen molar-refractivity contribution in [3.63, 3.8) is 0 Å². The molecule has 4 aliphatic rings. The molecule has 3 fully saturated rings. The van der Waals surface area contributed by atoms with E-state index in [4.69, 9.17) is 4.74 Å². The predicted molar refractivity (Wildman–Crippen MR) is 112 cm³/mol. The molecule has 7 atom stereocenters. The molecular weight excluding hydrogens is 380 g/mol. The van der Waals surface area contributed by atoms with Gasteiger partial charge in [0, 0.05) is 17.3 Å². The van der Waals surface area contributed by atoms with Crippen LogP contribution in [0.4, 0.5) is 0 Å². The van der Waals surface area contributed by atoms with Gasteiger partial charge in [-0.2, -0.15) is 0 Å². The van der Waals surface area contributed by atoms with Gasteiger partial charge >= 0.3 is 5.97 Å². The van der Waals surface area contributed by atoms with Gasteiger partial charge < -0.3 is 9.84 Å². The van der Waals surface area contributed by atoms with Crippen molar-refractivity contribution in [2.24, 2.45) is 40.4 Å². The van der Waals surface area contributed by atoms with E-state index in [0.717, 1.165) is 31.3 Å². The zero-order valence-corrected chi connectivity index (χ0v) is 18.5. The lowest BCUT2D eigenvalue weighted by atomic mass is 9.46. The zero-order chi connectivity index (χ0) is 21.8. The number of aliphatic hydroxyl groups excluding tert-OH is 1. The molecule has 5 heteroatoms. The van der Waals surface area contributed by atoms with Crippen LogP contribution >= 0.6 is 0 Å². The number of hydrogen-bond donors (Lipinski definition) is 1. The van der Waals surface area contributed by atoms with Gasteiger partial charge in [0.1, 0.15) is 6.61 Å². The first-order chi connectivity index (χ1) is 14.1. The Morgan fingerprint density at radius 3 is 2.67 bits per heavy atom. The average molecular weight is 415 g/mol. The van der Waals surface area contributed by atoms with Gasteiger partial charge in [-0.3, -0.25) is 14.4 Å². The highest BCUT2D eigenvalue weighted by Crippen LogP contribution is 2.66. The number of rotatable bonds is 4. The van der Waals surface area contributed by atoms with E-state index in [9.17, 15) is 19.5 Å². The van der Waals surface area contributed by atoms with Gasteiger partial charge in [0.15, 0.2) is 11.6 Å². The number of allylic oxidation sites excluding steroid dienone is 4. The number of aliphatic hydroxyl groups is 1. The van der Waals surface area contributed by atoms with Crippen molar-refractivity contribution >= 4 is 17.5 Å². The Hall–Kier alpha value is -1.75. The molecule has 0 bridgehead atoms. The fraction of sp³-hybridized carbons (Fsp3) is 0.720. The third kappa shape index (κ3) is 3.21. The lowest BCUT2D eigenvalue weighted by Gasteiger charge is -2.58. The summed E-state index contributed by atoms with van der Waals surface area (Å²) in [5.74, 6) is 0.0372. The molecule has 3 saturated carbocycles. The van der Waals surface area contributed by atoms with Crippen molar-refractivity contribution in [3.05, 3.63) is 23.8 Å². The molecule has 164 valence electrons. The van der Waals surface area contributed by atoms with Crippen molar-refractivity contribution in [1.29, 1.82) is 0 Å². The van der Waals surface area contributed by atoms with E-state index in [-0.39, 0.29) is 52.7 Å². The van der Waals surface area contributed by atoms with Crippen LogP contribution in [-0.4, -0.2) is 35.4 Å². The number of ketones is 2. The molecule has 0 aromatic rings. The summed E-state index contributed by atoms with van der Waals surface area (Å²) in [4.78, 5) is 36.7. The van der Waals surface area contributed by atoms with E-state index in [1.165, 1.54) is 0 Å². The number of ether oxygens (including phenoxy) is 1. The third-order valence-corrected chi connectivity index (χ3v) is 8.71. The van der Waals surface area contributed by atoms with Gasteiger partial charge in [0.25, 0.3) is 0 Å². The van der Waals surface area contributed by atoms with Gasteiger partial charge in [-0.1, -0.05) is 39.3 Å². The summed E-state index contributed by atoms with van der Waals surface area (Å²) in [7, 11) is 0. The van der Waals surface area contributed by atoms with Gasteiger partial charge in [-0.05, 0) is 61.5 Å². The van der Waals surface area contributed by atoms with E-state index in [1.54, 1.807) is 26.0 Å². The van der Waals surface area contributed by atoms with Crippen molar-refractivity contribution in [2.45, 2.75) is 65.9 Å². The maximum atomic E-state index is 13.0. The molecule has 0 aliphatic heterocycles. The summed E-state index contributed by atoms with van der Waals surface area (Å²) in [5, 5.41) is 11.3. The highest BCUT2D eigenvalue weighted by molar-refractivity contribution is 6.01. The molecule has 0 amide bonds. The lowest BCUT2D eigenvalue weighted by molar-refractivity contribution is -0.155. The summed E-state index contributed by atoms with van der Waals surface area (Å²) < 4.78 is 5.23. The number of Topliss-reactive ketones (excluding diaryl/α,β-unsaturated/α-hetero) is 1. The largest absolute Gasteiger partial charge is 0.457 e. The Kier molecular flexibility index (Phi) is 5.32. The monoisotopic (exact) mass is 414 g/mol. The molecule has 0 spiro atoms. The van der Waals surface area contributed by atoms with Crippen LogP contribution in [0.1, 0.15) is 59.8 Å². The van der Waals surface area contributed by atoms with E-state index < -0.39 is 6.10 Å². The molecule has 0 heterocycles. The number of carbonyl (C=O) groups is 3. The normalized spacial score (nSPS) is 42.3. The third-order valence-electron chi connectivity index (χ3n) is 8.71. The highest BCUT2D eigenvalue weighted by Gasteiger charge is 2.62. The first-order valence-electron chi connectivity index (χ1n) is 11.4. The van der Waals surface area contributed by atoms with Crippen molar-refractivity contribution < 1.29 is 24.2 Å². The molecule has 1 N–H and O–H groups in total. The number of hydrogen-bond acceptors (Lipinski definition) is 5. The van der Waals surface area contributed by atoms with Gasteiger partial charge in [0.05, 0.1) is 12.0 Å². The lowest BCUT2D eigenvalue weighted by Crippen LogP contribution is -2.56. The minimum atomic E-state index is -0.519. The first kappa shape index (κ1) is 21.5. The van der Waals surface area contributed by atoms with Crippen LogP contribution in [0.5, 0.6) is 0 Å². The molecule has 4 unspecified atom stereocenters. The molecule has 5 nitrogen and oxygen atoms in total. The second-order valence-electron chi connectivity index (χ2n) is 10.7. The maximum absolute atomic E-state index is 13.0. The van der Waals surface area contributed by atoms with E-state index in [0.29, 0.717) is 18.3 Å². The Bertz CT molecular complexity index is 823. The SMILES string of the molecule is CC(C)C(=O)OCC(=O)C1CCC2C3CCC4=CC(=O)C=C[C@]4(C)C3[C@@H](O)C[C@]12C. The Morgan fingerprint density at radius 2 is 1.97 bits per heavy atom. The first-order valence-corrected chi connectivity index (χ1v) is 11.4. The van der Waals surface area contributed by atoms with Crippen LogP contribution in [-0.2, 0) is 19.1 Å². The molecule has 4 rings (SSSR count). The van der Waals surface area contributed by atoms with Crippen LogP contribution in [0, 0.1) is 40.4 Å². The van der Waals surface area contributed by atoms with E-state index in [2.05, 4.69) is 13.8 Å². The second kappa shape index (κ2) is 7.44. The molecule has 0 saturated heterocycles. The topological polar surface area (TPSA) is 80.7 Å². The molecule has 0 radical (unpaired) electrons. The Morgan fingerprint density at radius 1 is 1.23 bits per heavy atom. The molecule has 30 heavy (non-hydrogen) atoms. The quantitative estimate of drug-likeness (QED) is 0.710. The van der Waals surface area contributed by atoms with Crippen LogP contribution in [0.25, 0.3) is 0 Å². The van der Waals surface area contributed by atoms with Gasteiger partial charge in [-0.15, -0.1) is 0 Å². The highest BCUT2D eigenvalue weighted by atomic mass is 16.5. The fourth-order valence-electron chi connectivity index (χ4n) is 7.26. The number of esters is 1. The molecule has 0 aromatic heterocycles. The standard InChI is InChI=1S/C25H34O5/c1-14(2)23(29)30-13-21(28)19-8-7-18-17-6-5-15-11-16(26)9-10-24(15,3)22(17)20(27)12-25(18,19)4/h9-11,14,17-20,22,27H,5-8,12-13H2,1-4H3/t17?,18?,19?,20-,22?,24-,25-/m0/s1. The average Bonchev–Trinajstić information content (AvgIpc) is 3.02. The Balaban J connectivity index is 1.56. The van der Waals surface area contributed by atoms with Crippen LogP contribution in [0.3, 0.4) is 0 Å². The van der Waals surface area contributed by atoms with Crippen molar-refractivity contribution in [3.8, 4) is 0 Å². The maximum Gasteiger partial charge on any atom is 0.308 e. The zero-order valence-electron chi connectivity index (χ0n) is 18.5. The molecule has 0 aromatic carbocycles. The second-order valence-corrected chi connectivity index (χ2v) is 10.7.